The molecule has 1 aromatic heterocycles. The molecule has 0 radical (unpaired) electrons. The summed E-state index contributed by atoms with van der Waals surface area (Å²) < 4.78 is 46.0. The molecule has 218 valence electrons. The molecule has 1 aromatic carbocycles. The summed E-state index contributed by atoms with van der Waals surface area (Å²) in [5.41, 5.74) is 0.677. The molecule has 0 bridgehead atoms. The molecule has 9 nitrogen and oxygen atoms in total. The van der Waals surface area contributed by atoms with E-state index >= 15 is 0 Å². The molecule has 0 N–H and O–H groups in total. The molecule has 0 unspecified atom stereocenters. The van der Waals surface area contributed by atoms with Crippen molar-refractivity contribution in [3.63, 3.8) is 0 Å². The maximum absolute atomic E-state index is 13.6. The third-order valence-electron chi connectivity index (χ3n) is 7.40. The van der Waals surface area contributed by atoms with Gasteiger partial charge in [0.1, 0.15) is 48.0 Å². The third-order valence-corrected chi connectivity index (χ3v) is 7.63. The number of aromatic nitrogens is 1. The zero-order valence-electron chi connectivity index (χ0n) is 22.3. The van der Waals surface area contributed by atoms with Crippen LogP contribution in [0.1, 0.15) is 25.7 Å². The number of halogens is 4. The average molecular weight is 591 g/mol. The van der Waals surface area contributed by atoms with Crippen LogP contribution in [0.5, 0.6) is 5.75 Å². The summed E-state index contributed by atoms with van der Waals surface area (Å²) in [5.74, 6) is -0.496. The molecule has 3 aliphatic rings. The van der Waals surface area contributed by atoms with Crippen LogP contribution < -0.4 is 4.74 Å². The molecule has 3 fully saturated rings. The van der Waals surface area contributed by atoms with Gasteiger partial charge in [-0.05, 0) is 37.1 Å². The van der Waals surface area contributed by atoms with E-state index in [0.29, 0.717) is 29.7 Å². The molecular formula is C28H30ClF3N6O3. The van der Waals surface area contributed by atoms with E-state index < -0.39 is 24.4 Å². The molecular weight excluding hydrogens is 561 g/mol. The van der Waals surface area contributed by atoms with Crippen molar-refractivity contribution in [1.82, 2.24) is 19.7 Å². The highest BCUT2D eigenvalue weighted by molar-refractivity contribution is 6.27. The number of carbonyl (C=O) groups excluding carboxylic acids is 2. The van der Waals surface area contributed by atoms with Crippen LogP contribution in [0.3, 0.4) is 0 Å². The lowest BCUT2D eigenvalue weighted by molar-refractivity contribution is -0.133. The Labute approximate surface area is 241 Å². The molecule has 4 heterocycles. The molecule has 13 heteroatoms. The predicted octanol–water partition coefficient (Wildman–Crippen LogP) is 3.37. The van der Waals surface area contributed by atoms with Crippen LogP contribution in [0.15, 0.2) is 30.5 Å². The van der Waals surface area contributed by atoms with Crippen molar-refractivity contribution in [1.29, 1.82) is 10.5 Å². The van der Waals surface area contributed by atoms with Crippen molar-refractivity contribution in [3.05, 3.63) is 36.3 Å². The number of pyridine rings is 1. The van der Waals surface area contributed by atoms with Gasteiger partial charge in [0, 0.05) is 37.5 Å². The van der Waals surface area contributed by atoms with Gasteiger partial charge in [-0.1, -0.05) is 0 Å². The lowest BCUT2D eigenvalue weighted by Gasteiger charge is -2.33. The number of hydrogen-bond acceptors (Lipinski definition) is 7. The van der Waals surface area contributed by atoms with Gasteiger partial charge >= 0.3 is 0 Å². The van der Waals surface area contributed by atoms with Gasteiger partial charge in [0.05, 0.1) is 37.3 Å². The van der Waals surface area contributed by atoms with Gasteiger partial charge in [-0.3, -0.25) is 19.5 Å². The largest absolute Gasteiger partial charge is 0.490 e. The normalized spacial score (nSPS) is 24.8. The number of hydrogen-bond donors (Lipinski definition) is 0. The van der Waals surface area contributed by atoms with Gasteiger partial charge in [-0.25, -0.2) is 13.2 Å². The van der Waals surface area contributed by atoms with E-state index in [9.17, 15) is 22.8 Å². The summed E-state index contributed by atoms with van der Waals surface area (Å²) >= 11 is 5.28. The zero-order chi connectivity index (χ0) is 29.5. The second-order valence-electron chi connectivity index (χ2n) is 10.2. The minimum absolute atomic E-state index is 0.00229. The summed E-state index contributed by atoms with van der Waals surface area (Å²) in [5, 5.41) is 18.3. The van der Waals surface area contributed by atoms with Gasteiger partial charge in [-0.2, -0.15) is 10.5 Å². The smallest absolute Gasteiger partial charge is 0.238 e. The van der Waals surface area contributed by atoms with Crippen LogP contribution >= 0.6 is 11.6 Å². The standard InChI is InChI=1S/C21H22F2N4O2.C7H8ClFN2O/c22-14-1-2-19-18(10-14)20(3-6-25-19)29-17-4-7-26(8-5-17)13-21(28)27-12-15(23)9-16(27)11-24;8-2-7(12)11-4-5(9)1-6(11)3-10/h1-3,6,10,15-17H,4-5,7-9,12-13H2;5-6H,1-2,4H2/t15-,16-;5-,6-/m00/s1. The van der Waals surface area contributed by atoms with Crippen molar-refractivity contribution in [2.75, 3.05) is 38.6 Å². The second-order valence-corrected chi connectivity index (χ2v) is 10.5. The number of benzene rings is 1. The maximum Gasteiger partial charge on any atom is 0.238 e. The molecule has 3 aliphatic heterocycles. The average Bonchev–Trinajstić information content (AvgIpc) is 3.56. The highest BCUT2D eigenvalue weighted by Crippen LogP contribution is 2.28. The third kappa shape index (κ3) is 7.57. The Bertz CT molecular complexity index is 1330. The topological polar surface area (TPSA) is 114 Å². The molecule has 0 saturated carbocycles. The van der Waals surface area contributed by atoms with Crippen LogP contribution in [-0.2, 0) is 9.59 Å². The fourth-order valence-corrected chi connectivity index (χ4v) is 5.44. The summed E-state index contributed by atoms with van der Waals surface area (Å²) in [7, 11) is 0. The first-order valence-electron chi connectivity index (χ1n) is 13.4. The molecule has 0 spiro atoms. The van der Waals surface area contributed by atoms with Gasteiger partial charge in [0.2, 0.25) is 11.8 Å². The summed E-state index contributed by atoms with van der Waals surface area (Å²) in [6, 6.07) is 8.73. The van der Waals surface area contributed by atoms with Gasteiger partial charge in [0.25, 0.3) is 0 Å². The minimum atomic E-state index is -1.12. The predicted molar refractivity (Wildman–Crippen MR) is 144 cm³/mol. The van der Waals surface area contributed by atoms with Crippen LogP contribution in [0, 0.1) is 28.5 Å². The molecule has 2 aromatic rings. The van der Waals surface area contributed by atoms with E-state index in [1.165, 1.54) is 21.9 Å². The quantitative estimate of drug-likeness (QED) is 0.491. The Morgan fingerprint density at radius 2 is 1.61 bits per heavy atom. The van der Waals surface area contributed by atoms with E-state index in [1.807, 2.05) is 17.0 Å². The van der Waals surface area contributed by atoms with Gasteiger partial charge < -0.3 is 14.5 Å². The highest BCUT2D eigenvalue weighted by Gasteiger charge is 2.36. The molecule has 0 aliphatic carbocycles. The van der Waals surface area contributed by atoms with Crippen LogP contribution in [0.4, 0.5) is 13.2 Å². The zero-order valence-corrected chi connectivity index (χ0v) is 23.0. The van der Waals surface area contributed by atoms with Gasteiger partial charge in [0.15, 0.2) is 0 Å². The lowest BCUT2D eigenvalue weighted by atomic mass is 10.1. The number of carbonyl (C=O) groups is 2. The van der Waals surface area contributed by atoms with E-state index in [2.05, 4.69) is 4.98 Å². The number of ether oxygens (including phenoxy) is 1. The summed E-state index contributed by atoms with van der Waals surface area (Å²) in [6.07, 6.45) is 1.05. The first kappa shape index (κ1) is 30.4. The number of piperidine rings is 1. The van der Waals surface area contributed by atoms with Crippen molar-refractivity contribution in [2.45, 2.75) is 56.2 Å². The van der Waals surface area contributed by atoms with E-state index in [4.69, 9.17) is 26.9 Å². The van der Waals surface area contributed by atoms with E-state index in [1.54, 1.807) is 18.3 Å². The molecule has 5 rings (SSSR count). The van der Waals surface area contributed by atoms with Crippen molar-refractivity contribution in [2.24, 2.45) is 0 Å². The number of nitrogens with zero attached hydrogens (tertiary/aromatic N) is 6. The van der Waals surface area contributed by atoms with Gasteiger partial charge in [-0.15, -0.1) is 11.6 Å². The summed E-state index contributed by atoms with van der Waals surface area (Å²) in [4.78, 5) is 32.3. The van der Waals surface area contributed by atoms with Crippen LogP contribution in [0.25, 0.3) is 10.9 Å². The number of alkyl halides is 3. The monoisotopic (exact) mass is 590 g/mol. The minimum Gasteiger partial charge on any atom is -0.490 e. The first-order chi connectivity index (χ1) is 19.7. The number of fused-ring (bicyclic) bond motifs is 1. The fraction of sp³-hybridized carbons (Fsp3) is 0.536. The Balaban J connectivity index is 0.000000271. The fourth-order valence-electron chi connectivity index (χ4n) is 5.29. The van der Waals surface area contributed by atoms with Crippen molar-refractivity contribution >= 4 is 34.3 Å². The Morgan fingerprint density at radius 1 is 1.00 bits per heavy atom. The van der Waals surface area contributed by atoms with Crippen LogP contribution in [-0.4, -0.2) is 101 Å². The number of amides is 2. The Hall–Kier alpha value is -3.61. The Kier molecular flexibility index (Phi) is 10.2. The molecule has 4 atom stereocenters. The second kappa shape index (κ2) is 13.8. The number of rotatable bonds is 5. The van der Waals surface area contributed by atoms with Crippen molar-refractivity contribution < 1.29 is 27.5 Å². The van der Waals surface area contributed by atoms with E-state index in [0.717, 1.165) is 12.8 Å². The van der Waals surface area contributed by atoms with E-state index in [-0.39, 0.29) is 62.1 Å². The Morgan fingerprint density at radius 3 is 2.20 bits per heavy atom. The first-order valence-corrected chi connectivity index (χ1v) is 13.9. The van der Waals surface area contributed by atoms with Crippen molar-refractivity contribution in [3.8, 4) is 17.9 Å². The summed E-state index contributed by atoms with van der Waals surface area (Å²) in [6.45, 7) is 1.52. The molecule has 2 amide bonds. The number of likely N-dealkylation sites (tertiary alicyclic amines) is 3. The SMILES string of the molecule is N#C[C@@H]1C[C@H](F)CN1C(=O)CCl.N#C[C@@H]1C[C@H](F)CN1C(=O)CN1CCC(Oc2ccnc3ccc(F)cc23)CC1. The molecule has 41 heavy (non-hydrogen) atoms. The molecule has 3 saturated heterocycles. The maximum atomic E-state index is 13.6. The van der Waals surface area contributed by atoms with Crippen LogP contribution in [0.2, 0.25) is 0 Å². The lowest BCUT2D eigenvalue weighted by Crippen LogP contribution is -2.46. The highest BCUT2D eigenvalue weighted by atomic mass is 35.5. The number of nitriles is 2.